The summed E-state index contributed by atoms with van der Waals surface area (Å²) in [5.41, 5.74) is -3.12. The van der Waals surface area contributed by atoms with Gasteiger partial charge < -0.3 is 38.5 Å². The summed E-state index contributed by atoms with van der Waals surface area (Å²) in [5, 5.41) is 29.3. The van der Waals surface area contributed by atoms with Crippen molar-refractivity contribution in [2.45, 2.75) is 172 Å². The van der Waals surface area contributed by atoms with Gasteiger partial charge in [-0.3, -0.25) is 14.9 Å². The van der Waals surface area contributed by atoms with Gasteiger partial charge >= 0.3 is 11.9 Å². The number of allylic oxidation sites excluding steroid dienone is 1. The van der Waals surface area contributed by atoms with Gasteiger partial charge in [0.2, 0.25) is 0 Å². The summed E-state index contributed by atoms with van der Waals surface area (Å²) >= 11 is 0. The van der Waals surface area contributed by atoms with Gasteiger partial charge in [-0.1, -0.05) is 70.0 Å². The first kappa shape index (κ1) is 46.3. The van der Waals surface area contributed by atoms with E-state index in [0.29, 0.717) is 61.3 Å². The van der Waals surface area contributed by atoms with Gasteiger partial charge in [0.05, 0.1) is 43.1 Å². The minimum Gasteiger partial charge on any atom is -0.469 e. The number of cyclic esters (lactones) is 2. The highest BCUT2D eigenvalue weighted by molar-refractivity contribution is 5.92. The second-order valence-corrected chi connectivity index (χ2v) is 25.5. The molecular weight excluding hydrogens is 885 g/mol. The summed E-state index contributed by atoms with van der Waals surface area (Å²) in [6, 6.07) is 13.1. The first-order valence-electron chi connectivity index (χ1n) is 27.6. The Labute approximate surface area is 413 Å². The highest BCUT2D eigenvalue weighted by Gasteiger charge is 2.93. The second kappa shape index (κ2) is 16.5. The molecule has 0 bridgehead atoms. The molecule has 1 aromatic carbocycles. The summed E-state index contributed by atoms with van der Waals surface area (Å²) in [7, 11) is 0. The molecule has 0 radical (unpaired) electrons. The van der Waals surface area contributed by atoms with Gasteiger partial charge in [-0.2, -0.15) is 0 Å². The number of fused-ring (bicyclic) bond motifs is 5. The molecule has 0 amide bonds. The van der Waals surface area contributed by atoms with Gasteiger partial charge in [0.25, 0.3) is 0 Å². The van der Waals surface area contributed by atoms with Gasteiger partial charge in [-0.25, -0.2) is 4.79 Å². The lowest BCUT2D eigenvalue weighted by Crippen LogP contribution is -2.79. The molecule has 20 unspecified atom stereocenters. The third kappa shape index (κ3) is 6.33. The molecule has 12 heteroatoms. The molecule has 12 nitrogen and oxygen atoms in total. The number of carbonyl (C=O) groups is 3. The zero-order chi connectivity index (χ0) is 48.1. The zero-order valence-corrected chi connectivity index (χ0v) is 41.8. The number of benzene rings is 1. The van der Waals surface area contributed by atoms with E-state index in [9.17, 15) is 19.8 Å². The monoisotopic (exact) mass is 961 g/mol. The molecule has 5 aliphatic carbocycles. The molecule has 20 atom stereocenters. The molecule has 11 aliphatic rings. The fourth-order valence-electron chi connectivity index (χ4n) is 19.3. The molecule has 378 valence electrons. The van der Waals surface area contributed by atoms with E-state index in [1.54, 1.807) is 6.26 Å². The van der Waals surface area contributed by atoms with Crippen LogP contribution in [0.5, 0.6) is 0 Å². The van der Waals surface area contributed by atoms with E-state index in [2.05, 4.69) is 67.5 Å². The van der Waals surface area contributed by atoms with Gasteiger partial charge in [-0.05, 0) is 149 Å². The van der Waals surface area contributed by atoms with Crippen molar-refractivity contribution in [1.29, 1.82) is 0 Å². The van der Waals surface area contributed by atoms with Crippen molar-refractivity contribution in [3.8, 4) is 0 Å². The number of nitrogens with one attached hydrogen (secondary N) is 1. The fourth-order valence-corrected chi connectivity index (χ4v) is 19.3. The van der Waals surface area contributed by atoms with E-state index in [-0.39, 0.29) is 48.5 Å². The maximum absolute atomic E-state index is 16.1. The van der Waals surface area contributed by atoms with Crippen LogP contribution in [0.1, 0.15) is 134 Å². The maximum atomic E-state index is 16.1. The number of carbonyl (C=O) groups excluding carboxylic acids is 3. The third-order valence-corrected chi connectivity index (χ3v) is 22.1. The average Bonchev–Trinajstić information content (AvgIpc) is 3.58. The second-order valence-electron chi connectivity index (χ2n) is 25.5. The van der Waals surface area contributed by atoms with Crippen molar-refractivity contribution in [2.24, 2.45) is 75.4 Å². The van der Waals surface area contributed by atoms with Crippen LogP contribution in [0.2, 0.25) is 0 Å². The summed E-state index contributed by atoms with van der Waals surface area (Å²) in [4.78, 5) is 47.0. The molecule has 2 aromatic rings. The Morgan fingerprint density at radius 3 is 2.59 bits per heavy atom. The number of Topliss-reactive ketones (excluding diaryl/α,β-unsaturated/α-hetero) is 1. The van der Waals surface area contributed by atoms with Crippen molar-refractivity contribution in [3.05, 3.63) is 71.8 Å². The molecule has 6 aliphatic heterocycles. The third-order valence-electron chi connectivity index (χ3n) is 22.1. The number of rotatable bonds is 9. The molecule has 7 heterocycles. The van der Waals surface area contributed by atoms with E-state index >= 15 is 4.79 Å². The number of epoxide rings is 1. The number of esters is 2. The molecule has 5 saturated heterocycles. The fraction of sp³-hybridized carbons (Fsp3) is 0.741. The van der Waals surface area contributed by atoms with Crippen molar-refractivity contribution in [2.75, 3.05) is 19.8 Å². The predicted octanol–water partition coefficient (Wildman–Crippen LogP) is 7.88. The van der Waals surface area contributed by atoms with Crippen LogP contribution in [0.15, 0.2) is 59.4 Å². The Hall–Kier alpha value is -3.55. The van der Waals surface area contributed by atoms with E-state index in [1.807, 2.05) is 19.1 Å². The smallest absolute Gasteiger partial charge is 0.339 e. The molecule has 1 aromatic heterocycles. The first-order chi connectivity index (χ1) is 33.7. The van der Waals surface area contributed by atoms with Crippen molar-refractivity contribution >= 4 is 17.7 Å². The topological polar surface area (TPSA) is 160 Å². The minimum absolute atomic E-state index is 0.0123. The summed E-state index contributed by atoms with van der Waals surface area (Å²) in [6.07, 6.45) is 13.8. The molecular formula is C58H76N2O10. The lowest BCUT2D eigenvalue weighted by atomic mass is 9.32. The van der Waals surface area contributed by atoms with E-state index in [4.69, 9.17) is 23.4 Å². The van der Waals surface area contributed by atoms with Crippen LogP contribution < -0.4 is 5.32 Å². The molecule has 5 saturated carbocycles. The van der Waals surface area contributed by atoms with Crippen LogP contribution in [-0.2, 0) is 46.2 Å². The quantitative estimate of drug-likeness (QED) is 0.165. The summed E-state index contributed by atoms with van der Waals surface area (Å²) in [6.45, 7) is 10.6. The van der Waals surface area contributed by atoms with E-state index in [0.717, 1.165) is 88.7 Å². The lowest BCUT2D eigenvalue weighted by molar-refractivity contribution is -0.276. The standard InChI is InChI=1S/C58H76N2O10/c1-32(2)15-20-55(4)49-48(63)50(64)57(37-12-8-11-34(24-37)23-33-9-6-5-7-10-33)45(56(49)30-67-47(62)28-46(56)69-55)16-19-54(3)51(68-53(65)52-58(54,57)70-52)38-18-22-66-44(38)27-41-39-25-36-17-21-60-31-59-29-42(60)40(36)26-35(39)13-14-43(41)61/h5-7,9-10,17-18,21-22,32,34-37,39-43,45-46,49-52,59,61,64H,8,11-16,19-20,23-31H2,1-4H3. The van der Waals surface area contributed by atoms with Gasteiger partial charge in [0.15, 0.2) is 11.9 Å². The number of ether oxygens (including phenoxy) is 4. The van der Waals surface area contributed by atoms with Gasteiger partial charge in [0.1, 0.15) is 30.2 Å². The number of nitrogens with zero attached hydrogens (tertiary/aromatic N) is 1. The molecule has 2 spiro atoms. The van der Waals surface area contributed by atoms with E-state index < -0.39 is 69.9 Å². The lowest BCUT2D eigenvalue weighted by Gasteiger charge is -2.70. The Bertz CT molecular complexity index is 2420. The van der Waals surface area contributed by atoms with Crippen molar-refractivity contribution < 1.29 is 48.0 Å². The number of furan rings is 1. The molecule has 13 rings (SSSR count). The van der Waals surface area contributed by atoms with Crippen LogP contribution in [0, 0.1) is 75.4 Å². The van der Waals surface area contributed by atoms with Crippen LogP contribution in [0.25, 0.3) is 0 Å². The van der Waals surface area contributed by atoms with Crippen molar-refractivity contribution in [3.63, 3.8) is 0 Å². The largest absolute Gasteiger partial charge is 0.469 e. The highest BCUT2D eigenvalue weighted by Crippen LogP contribution is 2.83. The zero-order valence-electron chi connectivity index (χ0n) is 41.8. The number of hydrogen-bond acceptors (Lipinski definition) is 12. The summed E-state index contributed by atoms with van der Waals surface area (Å²) in [5.74, 6) is 1.06. The number of aliphatic hydroxyl groups excluding tert-OH is 2. The Kier molecular flexibility index (Phi) is 10.9. The number of aliphatic hydroxyl groups is 2. The molecule has 10 fully saturated rings. The van der Waals surface area contributed by atoms with Crippen molar-refractivity contribution in [1.82, 2.24) is 10.2 Å². The van der Waals surface area contributed by atoms with Gasteiger partial charge in [0, 0.05) is 40.8 Å². The van der Waals surface area contributed by atoms with Crippen LogP contribution in [0.3, 0.4) is 0 Å². The molecule has 3 N–H and O–H groups in total. The van der Waals surface area contributed by atoms with Crippen LogP contribution in [-0.4, -0.2) is 94.3 Å². The first-order valence-corrected chi connectivity index (χ1v) is 27.6. The number of ketones is 1. The average molecular weight is 961 g/mol. The minimum atomic E-state index is -1.45. The number of hydrogen-bond donors (Lipinski definition) is 3. The highest BCUT2D eigenvalue weighted by atomic mass is 16.7. The normalized spacial score (nSPS) is 48.8. The molecule has 70 heavy (non-hydrogen) atoms. The maximum Gasteiger partial charge on any atom is 0.339 e. The summed E-state index contributed by atoms with van der Waals surface area (Å²) < 4.78 is 33.9. The SMILES string of the molecule is CC(C)CCC1(C)OC2CC(=O)OCC23C1C(=O)C(O)C1(C2CCCC(Cc4ccccc4)C2)C3CCC2(C)C(c3ccoc3CC3C(O)CCC4CC5C(C=CN6CNCC56)CC43)OC(=O)C3OC321. The Morgan fingerprint density at radius 1 is 0.914 bits per heavy atom. The van der Waals surface area contributed by atoms with Crippen LogP contribution >= 0.6 is 0 Å². The van der Waals surface area contributed by atoms with Gasteiger partial charge in [-0.15, -0.1) is 0 Å². The van der Waals surface area contributed by atoms with E-state index in [1.165, 1.54) is 5.56 Å². The van der Waals surface area contributed by atoms with Crippen LogP contribution in [0.4, 0.5) is 0 Å². The predicted molar refractivity (Wildman–Crippen MR) is 257 cm³/mol. The Balaban J connectivity index is 0.904. The Morgan fingerprint density at radius 2 is 1.76 bits per heavy atom.